The summed E-state index contributed by atoms with van der Waals surface area (Å²) in [6, 6.07) is 11.3. The van der Waals surface area contributed by atoms with Crippen molar-refractivity contribution in [2.75, 3.05) is 39.3 Å². The molecule has 1 saturated carbocycles. The summed E-state index contributed by atoms with van der Waals surface area (Å²) in [5, 5.41) is 0. The van der Waals surface area contributed by atoms with E-state index >= 15 is 0 Å². The molecule has 1 saturated heterocycles. The Hall–Kier alpha value is -0.900. The zero-order valence-corrected chi connectivity index (χ0v) is 13.1. The lowest BCUT2D eigenvalue weighted by Crippen LogP contribution is -2.52. The Labute approximate surface area is 129 Å². The van der Waals surface area contributed by atoms with E-state index in [4.69, 9.17) is 5.73 Å². The third-order valence-electron chi connectivity index (χ3n) is 5.02. The van der Waals surface area contributed by atoms with Crippen LogP contribution < -0.4 is 5.73 Å². The van der Waals surface area contributed by atoms with Gasteiger partial charge in [0.25, 0.3) is 0 Å². The van der Waals surface area contributed by atoms with Gasteiger partial charge in [-0.1, -0.05) is 30.3 Å². The second-order valence-corrected chi connectivity index (χ2v) is 6.69. The molecule has 0 amide bonds. The Morgan fingerprint density at radius 1 is 1.05 bits per heavy atom. The Kier molecular flexibility index (Phi) is 5.28. The van der Waals surface area contributed by atoms with Crippen molar-refractivity contribution in [3.05, 3.63) is 35.9 Å². The minimum atomic E-state index is 0.549. The summed E-state index contributed by atoms with van der Waals surface area (Å²) in [6.45, 7) is 6.99. The average molecular weight is 287 g/mol. The van der Waals surface area contributed by atoms with Gasteiger partial charge in [-0.15, -0.1) is 0 Å². The summed E-state index contributed by atoms with van der Waals surface area (Å²) in [4.78, 5) is 5.27. The van der Waals surface area contributed by atoms with Crippen molar-refractivity contribution in [2.24, 2.45) is 11.7 Å². The number of hydrogen-bond acceptors (Lipinski definition) is 3. The molecule has 21 heavy (non-hydrogen) atoms. The van der Waals surface area contributed by atoms with Gasteiger partial charge >= 0.3 is 0 Å². The highest BCUT2D eigenvalue weighted by Gasteiger charge is 2.28. The molecule has 0 aromatic heterocycles. The fourth-order valence-corrected chi connectivity index (χ4v) is 3.40. The standard InChI is InChI=1S/C18H29N3/c19-14-18(9-8-16-4-2-1-3-5-16)21-12-10-20(11-13-21)15-17-6-7-17/h1-5,17-18H,6-15,19H2. The molecular weight excluding hydrogens is 258 g/mol. The molecule has 116 valence electrons. The second-order valence-electron chi connectivity index (χ2n) is 6.69. The van der Waals surface area contributed by atoms with E-state index in [1.807, 2.05) is 0 Å². The van der Waals surface area contributed by atoms with Crippen molar-refractivity contribution in [3.8, 4) is 0 Å². The van der Waals surface area contributed by atoms with E-state index in [0.29, 0.717) is 6.04 Å². The van der Waals surface area contributed by atoms with Crippen LogP contribution in [0.2, 0.25) is 0 Å². The van der Waals surface area contributed by atoms with Gasteiger partial charge in [0.1, 0.15) is 0 Å². The van der Waals surface area contributed by atoms with Crippen LogP contribution in [0.15, 0.2) is 30.3 Å². The van der Waals surface area contributed by atoms with Crippen LogP contribution in [0.5, 0.6) is 0 Å². The lowest BCUT2D eigenvalue weighted by Gasteiger charge is -2.39. The van der Waals surface area contributed by atoms with Gasteiger partial charge in [-0.25, -0.2) is 0 Å². The second kappa shape index (κ2) is 7.39. The monoisotopic (exact) mass is 287 g/mol. The molecule has 1 heterocycles. The van der Waals surface area contributed by atoms with Crippen LogP contribution in [0.25, 0.3) is 0 Å². The highest BCUT2D eigenvalue weighted by atomic mass is 15.3. The van der Waals surface area contributed by atoms with E-state index in [0.717, 1.165) is 18.9 Å². The van der Waals surface area contributed by atoms with E-state index in [1.54, 1.807) is 0 Å². The molecule has 3 rings (SSSR count). The molecule has 1 aliphatic heterocycles. The first-order chi connectivity index (χ1) is 10.3. The van der Waals surface area contributed by atoms with E-state index in [-0.39, 0.29) is 0 Å². The van der Waals surface area contributed by atoms with Crippen LogP contribution in [0, 0.1) is 5.92 Å². The first-order valence-corrected chi connectivity index (χ1v) is 8.55. The third kappa shape index (κ3) is 4.53. The molecule has 0 bridgehead atoms. The highest BCUT2D eigenvalue weighted by molar-refractivity contribution is 5.14. The summed E-state index contributed by atoms with van der Waals surface area (Å²) >= 11 is 0. The number of rotatable bonds is 7. The topological polar surface area (TPSA) is 32.5 Å². The summed E-state index contributed by atoms with van der Waals surface area (Å²) in [6.07, 6.45) is 5.25. The number of hydrogen-bond donors (Lipinski definition) is 1. The zero-order valence-electron chi connectivity index (χ0n) is 13.1. The van der Waals surface area contributed by atoms with Gasteiger partial charge in [0, 0.05) is 45.3 Å². The minimum Gasteiger partial charge on any atom is -0.329 e. The van der Waals surface area contributed by atoms with E-state index < -0.39 is 0 Å². The van der Waals surface area contributed by atoms with Crippen LogP contribution in [0.3, 0.4) is 0 Å². The normalized spacial score (nSPS) is 22.3. The van der Waals surface area contributed by atoms with Crippen molar-refractivity contribution < 1.29 is 0 Å². The average Bonchev–Trinajstić information content (AvgIpc) is 3.34. The Morgan fingerprint density at radius 2 is 1.76 bits per heavy atom. The number of nitrogens with two attached hydrogens (primary N) is 1. The van der Waals surface area contributed by atoms with E-state index in [9.17, 15) is 0 Å². The maximum Gasteiger partial charge on any atom is 0.0222 e. The maximum atomic E-state index is 6.04. The number of benzene rings is 1. The molecule has 3 heteroatoms. The Morgan fingerprint density at radius 3 is 2.38 bits per heavy atom. The quantitative estimate of drug-likeness (QED) is 0.832. The summed E-state index contributed by atoms with van der Waals surface area (Å²) in [5.41, 5.74) is 7.47. The van der Waals surface area contributed by atoms with Gasteiger partial charge < -0.3 is 10.6 Å². The fourth-order valence-electron chi connectivity index (χ4n) is 3.40. The molecule has 2 aliphatic rings. The molecule has 1 aromatic rings. The number of nitrogens with zero attached hydrogens (tertiary/aromatic N) is 2. The first-order valence-electron chi connectivity index (χ1n) is 8.55. The third-order valence-corrected chi connectivity index (χ3v) is 5.02. The highest BCUT2D eigenvalue weighted by Crippen LogP contribution is 2.30. The van der Waals surface area contributed by atoms with Crippen molar-refractivity contribution in [1.82, 2.24) is 9.80 Å². The smallest absolute Gasteiger partial charge is 0.0222 e. The number of aryl methyl sites for hydroxylation is 1. The van der Waals surface area contributed by atoms with Crippen LogP contribution >= 0.6 is 0 Å². The number of piperazine rings is 1. The molecule has 1 aliphatic carbocycles. The molecular formula is C18H29N3. The molecule has 1 aromatic carbocycles. The van der Waals surface area contributed by atoms with Crippen molar-refractivity contribution in [1.29, 1.82) is 0 Å². The van der Waals surface area contributed by atoms with Gasteiger partial charge in [-0.3, -0.25) is 4.90 Å². The van der Waals surface area contributed by atoms with Crippen molar-refractivity contribution in [3.63, 3.8) is 0 Å². The van der Waals surface area contributed by atoms with E-state index in [1.165, 1.54) is 57.5 Å². The molecule has 2 fully saturated rings. The first kappa shape index (κ1) is 15.0. The SMILES string of the molecule is NCC(CCc1ccccc1)N1CCN(CC2CC2)CC1. The minimum absolute atomic E-state index is 0.549. The van der Waals surface area contributed by atoms with Crippen LogP contribution in [0.1, 0.15) is 24.8 Å². The van der Waals surface area contributed by atoms with Gasteiger partial charge in [-0.05, 0) is 37.2 Å². The summed E-state index contributed by atoms with van der Waals surface area (Å²) < 4.78 is 0. The summed E-state index contributed by atoms with van der Waals surface area (Å²) in [5.74, 6) is 1.01. The van der Waals surface area contributed by atoms with E-state index in [2.05, 4.69) is 40.1 Å². The Balaban J connectivity index is 1.43. The molecule has 3 nitrogen and oxygen atoms in total. The summed E-state index contributed by atoms with van der Waals surface area (Å²) in [7, 11) is 0. The lowest BCUT2D eigenvalue weighted by atomic mass is 10.0. The van der Waals surface area contributed by atoms with Crippen molar-refractivity contribution in [2.45, 2.75) is 31.7 Å². The van der Waals surface area contributed by atoms with Crippen molar-refractivity contribution >= 4 is 0 Å². The molecule has 1 unspecified atom stereocenters. The predicted octanol–water partition coefficient (Wildman–Crippen LogP) is 1.97. The largest absolute Gasteiger partial charge is 0.329 e. The van der Waals surface area contributed by atoms with Crippen LogP contribution in [0.4, 0.5) is 0 Å². The lowest BCUT2D eigenvalue weighted by molar-refractivity contribution is 0.0923. The zero-order chi connectivity index (χ0) is 14.5. The van der Waals surface area contributed by atoms with Crippen LogP contribution in [-0.2, 0) is 6.42 Å². The van der Waals surface area contributed by atoms with Gasteiger partial charge in [0.2, 0.25) is 0 Å². The molecule has 1 atom stereocenters. The predicted molar refractivity (Wildman–Crippen MR) is 88.3 cm³/mol. The van der Waals surface area contributed by atoms with Gasteiger partial charge in [0.15, 0.2) is 0 Å². The fraction of sp³-hybridized carbons (Fsp3) is 0.667. The van der Waals surface area contributed by atoms with Gasteiger partial charge in [-0.2, -0.15) is 0 Å². The van der Waals surface area contributed by atoms with Gasteiger partial charge in [0.05, 0.1) is 0 Å². The molecule has 0 spiro atoms. The Bertz CT molecular complexity index is 408. The maximum absolute atomic E-state index is 6.04. The molecule has 0 radical (unpaired) electrons. The van der Waals surface area contributed by atoms with Crippen LogP contribution in [-0.4, -0.2) is 55.1 Å². The molecule has 2 N–H and O–H groups in total.